The highest BCUT2D eigenvalue weighted by Gasteiger charge is 2.34. The average molecular weight is 295 g/mol. The van der Waals surface area contributed by atoms with Gasteiger partial charge in [0.05, 0.1) is 0 Å². The monoisotopic (exact) mass is 295 g/mol. The van der Waals surface area contributed by atoms with Crippen LogP contribution in [0.25, 0.3) is 0 Å². The van der Waals surface area contributed by atoms with E-state index in [1.807, 2.05) is 0 Å². The second kappa shape index (κ2) is 7.35. The molecule has 118 valence electrons. The van der Waals surface area contributed by atoms with Gasteiger partial charge in [-0.15, -0.1) is 0 Å². The van der Waals surface area contributed by atoms with Gasteiger partial charge in [-0.2, -0.15) is 0 Å². The van der Waals surface area contributed by atoms with Gasteiger partial charge < -0.3 is 5.32 Å². The Morgan fingerprint density at radius 3 is 2.62 bits per heavy atom. The lowest BCUT2D eigenvalue weighted by atomic mass is 9.70. The summed E-state index contributed by atoms with van der Waals surface area (Å²) < 4.78 is 28.8. The van der Waals surface area contributed by atoms with E-state index in [1.165, 1.54) is 18.6 Å². The molecule has 0 heterocycles. The summed E-state index contributed by atoms with van der Waals surface area (Å²) in [7, 11) is 0. The molecule has 3 unspecified atom stereocenters. The first-order valence-corrected chi connectivity index (χ1v) is 8.23. The number of hydrogen-bond acceptors (Lipinski definition) is 1. The Bertz CT molecular complexity index is 473. The zero-order chi connectivity index (χ0) is 15.4. The Kier molecular flexibility index (Phi) is 5.74. The zero-order valence-electron chi connectivity index (χ0n) is 13.4. The van der Waals surface area contributed by atoms with E-state index in [4.69, 9.17) is 0 Å². The lowest BCUT2D eigenvalue weighted by molar-refractivity contribution is 0.219. The van der Waals surface area contributed by atoms with Gasteiger partial charge in [0.2, 0.25) is 0 Å². The molecule has 0 amide bonds. The Morgan fingerprint density at radius 2 is 1.95 bits per heavy atom. The van der Waals surface area contributed by atoms with Crippen molar-refractivity contribution >= 4 is 0 Å². The van der Waals surface area contributed by atoms with Crippen LogP contribution >= 0.6 is 0 Å². The third-order valence-corrected chi connectivity index (χ3v) is 5.03. The quantitative estimate of drug-likeness (QED) is 0.823. The van der Waals surface area contributed by atoms with E-state index in [2.05, 4.69) is 19.2 Å². The smallest absolute Gasteiger partial charge is 0.132 e. The molecular formula is C18H27F2N. The van der Waals surface area contributed by atoms with E-state index in [0.717, 1.165) is 32.4 Å². The maximum atomic E-state index is 14.5. The van der Waals surface area contributed by atoms with Crippen molar-refractivity contribution in [3.8, 4) is 0 Å². The van der Waals surface area contributed by atoms with Crippen molar-refractivity contribution in [1.82, 2.24) is 5.32 Å². The molecule has 0 saturated heterocycles. The van der Waals surface area contributed by atoms with Crippen LogP contribution in [0.3, 0.4) is 0 Å². The molecule has 1 fully saturated rings. The minimum Gasteiger partial charge on any atom is -0.317 e. The van der Waals surface area contributed by atoms with Gasteiger partial charge in [-0.25, -0.2) is 8.78 Å². The van der Waals surface area contributed by atoms with E-state index in [9.17, 15) is 8.78 Å². The van der Waals surface area contributed by atoms with E-state index in [0.29, 0.717) is 23.0 Å². The Hall–Kier alpha value is -0.960. The van der Waals surface area contributed by atoms with Crippen molar-refractivity contribution in [2.45, 2.75) is 52.4 Å². The fraction of sp³-hybridized carbons (Fsp3) is 0.667. The molecule has 0 radical (unpaired) electrons. The molecule has 1 aliphatic rings. The molecule has 0 aromatic heterocycles. The maximum absolute atomic E-state index is 14.5. The number of halogens is 2. The lowest BCUT2D eigenvalue weighted by Crippen LogP contribution is -2.33. The van der Waals surface area contributed by atoms with E-state index < -0.39 is 0 Å². The molecule has 1 nitrogen and oxygen atoms in total. The third kappa shape index (κ3) is 3.63. The van der Waals surface area contributed by atoms with Gasteiger partial charge in [0.25, 0.3) is 0 Å². The predicted molar refractivity (Wildman–Crippen MR) is 83.5 cm³/mol. The van der Waals surface area contributed by atoms with Crippen LogP contribution in [-0.4, -0.2) is 13.1 Å². The first kappa shape index (κ1) is 16.4. The summed E-state index contributed by atoms with van der Waals surface area (Å²) in [6.07, 6.45) is 4.24. The molecule has 1 aliphatic carbocycles. The van der Waals surface area contributed by atoms with Crippen LogP contribution in [0.5, 0.6) is 0 Å². The van der Waals surface area contributed by atoms with Crippen molar-refractivity contribution in [3.05, 3.63) is 34.9 Å². The zero-order valence-corrected chi connectivity index (χ0v) is 13.4. The molecule has 3 heteroatoms. The average Bonchev–Trinajstić information content (AvgIpc) is 2.50. The highest BCUT2D eigenvalue weighted by atomic mass is 19.1. The molecule has 0 spiro atoms. The number of aryl methyl sites for hydroxylation is 1. The summed E-state index contributed by atoms with van der Waals surface area (Å²) in [6.45, 7) is 7.72. The molecule has 1 aromatic rings. The van der Waals surface area contributed by atoms with Crippen molar-refractivity contribution in [2.24, 2.45) is 11.8 Å². The molecule has 1 saturated carbocycles. The molecule has 2 rings (SSSR count). The number of hydrogen-bond donors (Lipinski definition) is 1. The minimum atomic E-state index is -0.374. The van der Waals surface area contributed by atoms with Gasteiger partial charge in [0.15, 0.2) is 0 Å². The van der Waals surface area contributed by atoms with Crippen LogP contribution < -0.4 is 5.32 Å². The molecule has 3 atom stereocenters. The summed E-state index contributed by atoms with van der Waals surface area (Å²) >= 11 is 0. The highest BCUT2D eigenvalue weighted by molar-refractivity contribution is 5.30. The first-order valence-electron chi connectivity index (χ1n) is 8.23. The Morgan fingerprint density at radius 1 is 1.19 bits per heavy atom. The van der Waals surface area contributed by atoms with Gasteiger partial charge in [-0.1, -0.05) is 32.8 Å². The summed E-state index contributed by atoms with van der Waals surface area (Å²) in [5.41, 5.74) is 0.878. The second-order valence-corrected chi connectivity index (χ2v) is 6.35. The third-order valence-electron chi connectivity index (χ3n) is 5.03. The summed E-state index contributed by atoms with van der Waals surface area (Å²) in [6, 6.07) is 2.96. The van der Waals surface area contributed by atoms with Crippen LogP contribution in [0.2, 0.25) is 0 Å². The minimum absolute atomic E-state index is 0.00245. The van der Waals surface area contributed by atoms with Gasteiger partial charge in [0.1, 0.15) is 11.6 Å². The van der Waals surface area contributed by atoms with Crippen LogP contribution in [0.4, 0.5) is 8.78 Å². The molecule has 1 aromatic carbocycles. The SMILES string of the molecule is CCNCC1CCC(CC)CC1c1c(F)ccc(C)c1F. The molecule has 1 N–H and O–H groups in total. The second-order valence-electron chi connectivity index (χ2n) is 6.35. The Labute approximate surface area is 127 Å². The molecule has 0 aliphatic heterocycles. The van der Waals surface area contributed by atoms with Gasteiger partial charge >= 0.3 is 0 Å². The molecule has 21 heavy (non-hydrogen) atoms. The van der Waals surface area contributed by atoms with Gasteiger partial charge in [0, 0.05) is 5.56 Å². The number of benzene rings is 1. The number of rotatable bonds is 5. The molecular weight excluding hydrogens is 268 g/mol. The van der Waals surface area contributed by atoms with E-state index in [1.54, 1.807) is 6.92 Å². The van der Waals surface area contributed by atoms with Gasteiger partial charge in [-0.3, -0.25) is 0 Å². The van der Waals surface area contributed by atoms with E-state index in [-0.39, 0.29) is 17.6 Å². The van der Waals surface area contributed by atoms with Crippen LogP contribution in [-0.2, 0) is 0 Å². The fourth-order valence-corrected chi connectivity index (χ4v) is 3.64. The standard InChI is InChI=1S/C18H27F2N/c1-4-13-7-8-14(11-21-5-2)15(10-13)17-16(19)9-6-12(3)18(17)20/h6,9,13-15,21H,4-5,7-8,10-11H2,1-3H3. The largest absolute Gasteiger partial charge is 0.317 e. The van der Waals surface area contributed by atoms with Crippen molar-refractivity contribution in [1.29, 1.82) is 0 Å². The van der Waals surface area contributed by atoms with Crippen molar-refractivity contribution in [2.75, 3.05) is 13.1 Å². The van der Waals surface area contributed by atoms with Crippen LogP contribution in [0.15, 0.2) is 12.1 Å². The van der Waals surface area contributed by atoms with Gasteiger partial charge in [-0.05, 0) is 62.2 Å². The molecule has 0 bridgehead atoms. The number of nitrogens with one attached hydrogen (secondary N) is 1. The van der Waals surface area contributed by atoms with Crippen LogP contribution in [0, 0.1) is 30.4 Å². The lowest BCUT2D eigenvalue weighted by Gasteiger charge is -2.37. The van der Waals surface area contributed by atoms with Crippen molar-refractivity contribution < 1.29 is 8.78 Å². The highest BCUT2D eigenvalue weighted by Crippen LogP contribution is 2.43. The predicted octanol–water partition coefficient (Wildman–Crippen LogP) is 4.79. The summed E-state index contributed by atoms with van der Waals surface area (Å²) in [5.74, 6) is 0.216. The maximum Gasteiger partial charge on any atom is 0.132 e. The first-order chi connectivity index (χ1) is 10.1. The summed E-state index contributed by atoms with van der Waals surface area (Å²) in [5, 5.41) is 3.36. The normalized spacial score (nSPS) is 26.0. The van der Waals surface area contributed by atoms with E-state index >= 15 is 0 Å². The van der Waals surface area contributed by atoms with Crippen molar-refractivity contribution in [3.63, 3.8) is 0 Å². The summed E-state index contributed by atoms with van der Waals surface area (Å²) in [4.78, 5) is 0. The van der Waals surface area contributed by atoms with Crippen LogP contribution in [0.1, 0.15) is 56.6 Å². The fourth-order valence-electron chi connectivity index (χ4n) is 3.64. The Balaban J connectivity index is 2.32. The topological polar surface area (TPSA) is 12.0 Å².